The molecular weight excluding hydrogens is 512 g/mol. The minimum Gasteiger partial charge on any atom is -0.496 e. The van der Waals surface area contributed by atoms with Crippen LogP contribution in [0.5, 0.6) is 5.75 Å². The van der Waals surface area contributed by atoms with Crippen molar-refractivity contribution in [2.24, 2.45) is 23.2 Å². The van der Waals surface area contributed by atoms with Gasteiger partial charge in [0.2, 0.25) is 5.91 Å². The molecule has 0 bridgehead atoms. The van der Waals surface area contributed by atoms with Gasteiger partial charge in [0, 0.05) is 30.0 Å². The van der Waals surface area contributed by atoms with Crippen molar-refractivity contribution < 1.29 is 19.4 Å². The fraction of sp³-hybridized carbons (Fsp3) is 0.600. The van der Waals surface area contributed by atoms with E-state index in [1.54, 1.807) is 12.0 Å². The van der Waals surface area contributed by atoms with Crippen LogP contribution in [0.15, 0.2) is 48.5 Å². The molecule has 2 aliphatic rings. The van der Waals surface area contributed by atoms with Crippen molar-refractivity contribution in [2.45, 2.75) is 104 Å². The fourth-order valence-electron chi connectivity index (χ4n) is 7.21. The average Bonchev–Trinajstić information content (AvgIpc) is 3.27. The van der Waals surface area contributed by atoms with Gasteiger partial charge in [-0.3, -0.25) is 4.79 Å². The molecule has 41 heavy (non-hydrogen) atoms. The molecule has 2 unspecified atom stereocenters. The van der Waals surface area contributed by atoms with Crippen LogP contribution in [0, 0.1) is 23.2 Å². The van der Waals surface area contributed by atoms with Crippen LogP contribution in [0.4, 0.5) is 0 Å². The Morgan fingerprint density at radius 2 is 1.66 bits per heavy atom. The van der Waals surface area contributed by atoms with Crippen LogP contribution >= 0.6 is 0 Å². The summed E-state index contributed by atoms with van der Waals surface area (Å²) in [7, 11) is 1.68. The number of benzene rings is 2. The molecule has 1 heterocycles. The first kappa shape index (κ1) is 31.1. The van der Waals surface area contributed by atoms with Gasteiger partial charge in [0.25, 0.3) is 0 Å². The SMILES string of the molecule is COc1ccc(C(C)(C)C)cc1CN[C@H]1[C@H](C(C)(C)C)[C@@H](C(=O)O)N(C(=O)C2CCCCC2C)[C@H]1c1ccccc1. The zero-order chi connectivity index (χ0) is 30.1. The largest absolute Gasteiger partial charge is 0.496 e. The average molecular weight is 563 g/mol. The van der Waals surface area contributed by atoms with Crippen LogP contribution in [0.1, 0.15) is 96.9 Å². The highest BCUT2D eigenvalue weighted by molar-refractivity contribution is 5.87. The fourth-order valence-corrected chi connectivity index (χ4v) is 7.21. The number of nitrogens with zero attached hydrogens (tertiary/aromatic N) is 1. The normalized spacial score (nSPS) is 27.1. The molecule has 1 aliphatic heterocycles. The van der Waals surface area contributed by atoms with Crippen molar-refractivity contribution in [3.05, 3.63) is 65.2 Å². The number of carbonyl (C=O) groups is 2. The molecule has 2 aromatic rings. The Morgan fingerprint density at radius 3 is 2.22 bits per heavy atom. The zero-order valence-corrected chi connectivity index (χ0v) is 26.2. The van der Waals surface area contributed by atoms with Crippen molar-refractivity contribution in [1.82, 2.24) is 10.2 Å². The first-order valence-corrected chi connectivity index (χ1v) is 15.3. The number of amides is 1. The van der Waals surface area contributed by atoms with Gasteiger partial charge in [0.1, 0.15) is 11.8 Å². The summed E-state index contributed by atoms with van der Waals surface area (Å²) in [5.41, 5.74) is 2.80. The topological polar surface area (TPSA) is 78.9 Å². The minimum atomic E-state index is -0.931. The number of hydrogen-bond acceptors (Lipinski definition) is 4. The predicted octanol–water partition coefficient (Wildman–Crippen LogP) is 6.98. The summed E-state index contributed by atoms with van der Waals surface area (Å²) in [6.07, 6.45) is 3.96. The van der Waals surface area contributed by atoms with Crippen LogP contribution < -0.4 is 10.1 Å². The molecule has 1 saturated carbocycles. The molecule has 2 fully saturated rings. The zero-order valence-electron chi connectivity index (χ0n) is 26.2. The Balaban J connectivity index is 1.82. The first-order valence-electron chi connectivity index (χ1n) is 15.3. The second-order valence-corrected chi connectivity index (χ2v) is 14.3. The van der Waals surface area contributed by atoms with E-state index in [4.69, 9.17) is 4.74 Å². The number of hydrogen-bond donors (Lipinski definition) is 2. The number of ether oxygens (including phenoxy) is 1. The molecule has 6 atom stereocenters. The molecule has 1 amide bonds. The maximum Gasteiger partial charge on any atom is 0.326 e. The third-order valence-corrected chi connectivity index (χ3v) is 9.42. The minimum absolute atomic E-state index is 0.00989. The lowest BCUT2D eigenvalue weighted by atomic mass is 9.72. The second-order valence-electron chi connectivity index (χ2n) is 14.3. The Kier molecular flexibility index (Phi) is 9.22. The quantitative estimate of drug-likeness (QED) is 0.381. The van der Waals surface area contributed by atoms with Gasteiger partial charge in [-0.15, -0.1) is 0 Å². The molecule has 4 rings (SSSR count). The highest BCUT2D eigenvalue weighted by atomic mass is 16.5. The van der Waals surface area contributed by atoms with Crippen LogP contribution in [0.3, 0.4) is 0 Å². The van der Waals surface area contributed by atoms with Gasteiger partial charge in [0.05, 0.1) is 13.2 Å². The predicted molar refractivity (Wildman–Crippen MR) is 164 cm³/mol. The van der Waals surface area contributed by atoms with Crippen LogP contribution in [0.25, 0.3) is 0 Å². The van der Waals surface area contributed by atoms with Crippen molar-refractivity contribution >= 4 is 11.9 Å². The van der Waals surface area contributed by atoms with Gasteiger partial charge in [0.15, 0.2) is 0 Å². The summed E-state index contributed by atoms with van der Waals surface area (Å²) in [4.78, 5) is 29.4. The number of nitrogens with one attached hydrogen (secondary N) is 1. The molecule has 0 aromatic heterocycles. The molecule has 6 heteroatoms. The smallest absolute Gasteiger partial charge is 0.326 e. The van der Waals surface area contributed by atoms with E-state index in [2.05, 4.69) is 65.9 Å². The highest BCUT2D eigenvalue weighted by Crippen LogP contribution is 2.49. The van der Waals surface area contributed by atoms with Crippen LogP contribution in [-0.2, 0) is 21.5 Å². The number of methoxy groups -OCH3 is 1. The lowest BCUT2D eigenvalue weighted by Crippen LogP contribution is -2.50. The second kappa shape index (κ2) is 12.2. The van der Waals surface area contributed by atoms with Gasteiger partial charge in [-0.25, -0.2) is 4.79 Å². The molecule has 6 nitrogen and oxygen atoms in total. The van der Waals surface area contributed by atoms with Gasteiger partial charge in [-0.2, -0.15) is 0 Å². The molecule has 1 aliphatic carbocycles. The monoisotopic (exact) mass is 562 g/mol. The van der Waals surface area contributed by atoms with Crippen molar-refractivity contribution in [2.75, 3.05) is 7.11 Å². The van der Waals surface area contributed by atoms with E-state index >= 15 is 0 Å². The molecule has 224 valence electrons. The molecule has 1 saturated heterocycles. The van der Waals surface area contributed by atoms with E-state index in [1.165, 1.54) is 5.56 Å². The number of carbonyl (C=O) groups excluding carboxylic acids is 1. The number of carboxylic acids is 1. The Morgan fingerprint density at radius 1 is 1.00 bits per heavy atom. The van der Waals surface area contributed by atoms with Gasteiger partial charge in [-0.05, 0) is 46.8 Å². The Labute approximate surface area is 246 Å². The van der Waals surface area contributed by atoms with Gasteiger partial charge >= 0.3 is 5.97 Å². The van der Waals surface area contributed by atoms with Crippen molar-refractivity contribution in [3.8, 4) is 5.75 Å². The number of likely N-dealkylation sites (tertiary alicyclic amines) is 1. The highest BCUT2D eigenvalue weighted by Gasteiger charge is 2.58. The molecule has 2 aromatic carbocycles. The molecule has 0 radical (unpaired) electrons. The first-order chi connectivity index (χ1) is 19.3. The third kappa shape index (κ3) is 6.48. The van der Waals surface area contributed by atoms with E-state index in [0.717, 1.165) is 42.6 Å². The summed E-state index contributed by atoms with van der Waals surface area (Å²) in [6.45, 7) is 15.5. The summed E-state index contributed by atoms with van der Waals surface area (Å²) < 4.78 is 5.74. The number of rotatable bonds is 7. The lowest BCUT2D eigenvalue weighted by Gasteiger charge is -2.37. The summed E-state index contributed by atoms with van der Waals surface area (Å²) in [5.74, 6) is -0.370. The summed E-state index contributed by atoms with van der Waals surface area (Å²) in [5, 5.41) is 14.6. The van der Waals surface area contributed by atoms with Crippen molar-refractivity contribution in [1.29, 1.82) is 0 Å². The van der Waals surface area contributed by atoms with Crippen LogP contribution in [-0.4, -0.2) is 41.1 Å². The summed E-state index contributed by atoms with van der Waals surface area (Å²) >= 11 is 0. The number of carboxylic acid groups (broad SMARTS) is 1. The number of aliphatic carboxylic acids is 1. The van der Waals surface area contributed by atoms with Gasteiger partial charge in [-0.1, -0.05) is 104 Å². The van der Waals surface area contributed by atoms with E-state index < -0.39 is 18.1 Å². The lowest BCUT2D eigenvalue weighted by molar-refractivity contribution is -0.155. The van der Waals surface area contributed by atoms with Crippen LogP contribution in [0.2, 0.25) is 0 Å². The van der Waals surface area contributed by atoms with E-state index in [1.807, 2.05) is 36.4 Å². The third-order valence-electron chi connectivity index (χ3n) is 9.42. The Bertz CT molecular complexity index is 1210. The molecule has 0 spiro atoms. The van der Waals surface area contributed by atoms with E-state index in [0.29, 0.717) is 6.54 Å². The van der Waals surface area contributed by atoms with E-state index in [9.17, 15) is 14.7 Å². The maximum atomic E-state index is 14.5. The molecular formula is C35H50N2O4. The van der Waals surface area contributed by atoms with Gasteiger partial charge < -0.3 is 20.1 Å². The summed E-state index contributed by atoms with van der Waals surface area (Å²) in [6, 6.07) is 14.7. The molecule has 2 N–H and O–H groups in total. The van der Waals surface area contributed by atoms with Crippen molar-refractivity contribution in [3.63, 3.8) is 0 Å². The maximum absolute atomic E-state index is 14.5. The Hall–Kier alpha value is -2.86. The standard InChI is InChI=1S/C35H50N2O4/c1-22-14-12-13-17-26(22)32(38)37-30(23-15-10-9-11-16-23)29(28(35(5,6)7)31(37)33(39)40)36-21-24-20-25(34(2,3)4)18-19-27(24)41-8/h9-11,15-16,18-20,22,26,28-31,36H,12-14,17,21H2,1-8H3,(H,39,40)/t22?,26?,28-,29-,30-,31-/m0/s1. The van der Waals surface area contributed by atoms with E-state index in [-0.39, 0.29) is 40.5 Å².